The molecule has 1 aliphatic rings. The van der Waals surface area contributed by atoms with Crippen LogP contribution in [0.1, 0.15) is 36.2 Å². The molecule has 0 radical (unpaired) electrons. The second-order valence-electron chi connectivity index (χ2n) is 5.55. The lowest BCUT2D eigenvalue weighted by molar-refractivity contribution is 0.0719. The van der Waals surface area contributed by atoms with Gasteiger partial charge in [0.1, 0.15) is 5.69 Å². The number of carbonyl (C=O) groups is 1. The Balaban J connectivity index is 1.82. The SMILES string of the molecule is O=C(c1ccc2ccccc2n1)N1CCCC1CCCO. The average Bonchev–Trinajstić information content (AvgIpc) is 3.00. The number of rotatable bonds is 4. The predicted octanol–water partition coefficient (Wildman–Crippen LogP) is 2.61. The van der Waals surface area contributed by atoms with Crippen LogP contribution in [0.3, 0.4) is 0 Å². The van der Waals surface area contributed by atoms with Gasteiger partial charge in [0.15, 0.2) is 0 Å². The molecule has 3 rings (SSSR count). The molecule has 0 saturated carbocycles. The zero-order valence-corrected chi connectivity index (χ0v) is 12.0. The Kier molecular flexibility index (Phi) is 4.15. The Morgan fingerprint density at radius 2 is 2.14 bits per heavy atom. The summed E-state index contributed by atoms with van der Waals surface area (Å²) in [6.45, 7) is 0.982. The molecule has 1 aliphatic heterocycles. The van der Waals surface area contributed by atoms with Crippen molar-refractivity contribution in [3.05, 3.63) is 42.1 Å². The maximum absolute atomic E-state index is 12.7. The molecule has 0 bridgehead atoms. The van der Waals surface area contributed by atoms with Gasteiger partial charge >= 0.3 is 0 Å². The van der Waals surface area contributed by atoms with Crippen LogP contribution in [0.2, 0.25) is 0 Å². The van der Waals surface area contributed by atoms with Gasteiger partial charge in [-0.3, -0.25) is 4.79 Å². The minimum absolute atomic E-state index is 0.0150. The van der Waals surface area contributed by atoms with Crippen molar-refractivity contribution in [1.29, 1.82) is 0 Å². The molecule has 21 heavy (non-hydrogen) atoms. The molecule has 1 aromatic heterocycles. The molecular formula is C17H20N2O2. The van der Waals surface area contributed by atoms with Crippen molar-refractivity contribution in [3.8, 4) is 0 Å². The first-order valence-electron chi connectivity index (χ1n) is 7.57. The average molecular weight is 284 g/mol. The Bertz CT molecular complexity index is 641. The van der Waals surface area contributed by atoms with E-state index in [2.05, 4.69) is 4.98 Å². The maximum Gasteiger partial charge on any atom is 0.272 e. The fourth-order valence-corrected chi connectivity index (χ4v) is 3.06. The van der Waals surface area contributed by atoms with Crippen LogP contribution in [0.15, 0.2) is 36.4 Å². The number of aliphatic hydroxyl groups is 1. The molecule has 0 aliphatic carbocycles. The minimum Gasteiger partial charge on any atom is -0.396 e. The summed E-state index contributed by atoms with van der Waals surface area (Å²) in [5, 5.41) is 10.0. The molecule has 1 fully saturated rings. The summed E-state index contributed by atoms with van der Waals surface area (Å²) in [6.07, 6.45) is 3.68. The van der Waals surface area contributed by atoms with Crippen LogP contribution in [0.25, 0.3) is 10.9 Å². The van der Waals surface area contributed by atoms with Crippen molar-refractivity contribution in [2.45, 2.75) is 31.7 Å². The second-order valence-corrected chi connectivity index (χ2v) is 5.55. The normalized spacial score (nSPS) is 18.3. The van der Waals surface area contributed by atoms with Gasteiger partial charge < -0.3 is 10.0 Å². The lowest BCUT2D eigenvalue weighted by Crippen LogP contribution is -2.36. The lowest BCUT2D eigenvalue weighted by Gasteiger charge is -2.24. The van der Waals surface area contributed by atoms with Crippen LogP contribution < -0.4 is 0 Å². The number of aromatic nitrogens is 1. The molecule has 1 amide bonds. The third kappa shape index (κ3) is 2.90. The van der Waals surface area contributed by atoms with Crippen LogP contribution >= 0.6 is 0 Å². The van der Waals surface area contributed by atoms with Crippen LogP contribution in [-0.2, 0) is 0 Å². The molecule has 110 valence electrons. The van der Waals surface area contributed by atoms with E-state index in [9.17, 15) is 4.79 Å². The number of amides is 1. The van der Waals surface area contributed by atoms with E-state index in [1.807, 2.05) is 41.3 Å². The summed E-state index contributed by atoms with van der Waals surface area (Å²) in [7, 11) is 0. The fourth-order valence-electron chi connectivity index (χ4n) is 3.06. The summed E-state index contributed by atoms with van der Waals surface area (Å²) in [6, 6.07) is 11.8. The Labute approximate surface area is 124 Å². The number of likely N-dealkylation sites (tertiary alicyclic amines) is 1. The predicted molar refractivity (Wildman–Crippen MR) is 82.1 cm³/mol. The molecule has 1 aromatic carbocycles. The first kappa shape index (κ1) is 14.0. The number of pyridine rings is 1. The van der Waals surface area contributed by atoms with Crippen LogP contribution in [0, 0.1) is 0 Å². The van der Waals surface area contributed by atoms with E-state index in [0.717, 1.165) is 43.1 Å². The van der Waals surface area contributed by atoms with E-state index < -0.39 is 0 Å². The minimum atomic E-state index is 0.0150. The van der Waals surface area contributed by atoms with Crippen molar-refractivity contribution in [2.75, 3.05) is 13.2 Å². The van der Waals surface area contributed by atoms with Gasteiger partial charge in [-0.15, -0.1) is 0 Å². The van der Waals surface area contributed by atoms with E-state index in [1.165, 1.54) is 0 Å². The number of nitrogens with zero attached hydrogens (tertiary/aromatic N) is 2. The highest BCUT2D eigenvalue weighted by atomic mass is 16.3. The van der Waals surface area contributed by atoms with Crippen molar-refractivity contribution in [1.82, 2.24) is 9.88 Å². The smallest absolute Gasteiger partial charge is 0.272 e. The molecular weight excluding hydrogens is 264 g/mol. The highest BCUT2D eigenvalue weighted by Gasteiger charge is 2.29. The van der Waals surface area contributed by atoms with Crippen molar-refractivity contribution in [2.24, 2.45) is 0 Å². The summed E-state index contributed by atoms with van der Waals surface area (Å²) >= 11 is 0. The molecule has 1 atom stereocenters. The molecule has 2 aromatic rings. The van der Waals surface area contributed by atoms with Gasteiger partial charge in [0.05, 0.1) is 5.52 Å². The van der Waals surface area contributed by atoms with Gasteiger partial charge in [-0.05, 0) is 37.8 Å². The molecule has 1 N–H and O–H groups in total. The number of hydrogen-bond donors (Lipinski definition) is 1. The number of para-hydroxylation sites is 1. The van der Waals surface area contributed by atoms with E-state index in [0.29, 0.717) is 5.69 Å². The van der Waals surface area contributed by atoms with Gasteiger partial charge in [-0.1, -0.05) is 24.3 Å². The summed E-state index contributed by atoms with van der Waals surface area (Å²) in [5.74, 6) is 0.0150. The van der Waals surface area contributed by atoms with E-state index in [1.54, 1.807) is 0 Å². The number of benzene rings is 1. The Hall–Kier alpha value is -1.94. The Morgan fingerprint density at radius 3 is 3.00 bits per heavy atom. The fraction of sp³-hybridized carbons (Fsp3) is 0.412. The third-order valence-corrected chi connectivity index (χ3v) is 4.15. The van der Waals surface area contributed by atoms with Gasteiger partial charge in [0.2, 0.25) is 0 Å². The molecule has 1 unspecified atom stereocenters. The highest BCUT2D eigenvalue weighted by molar-refractivity contribution is 5.95. The van der Waals surface area contributed by atoms with Crippen LogP contribution in [-0.4, -0.2) is 40.1 Å². The largest absolute Gasteiger partial charge is 0.396 e. The maximum atomic E-state index is 12.7. The lowest BCUT2D eigenvalue weighted by atomic mass is 10.1. The standard InChI is InChI=1S/C17H20N2O2/c20-12-4-7-14-6-3-11-19(14)17(21)16-10-9-13-5-1-2-8-15(13)18-16/h1-2,5,8-10,14,20H,3-4,6-7,11-12H2. The topological polar surface area (TPSA) is 53.4 Å². The van der Waals surface area contributed by atoms with Gasteiger partial charge in [-0.2, -0.15) is 0 Å². The molecule has 0 spiro atoms. The van der Waals surface area contributed by atoms with Gasteiger partial charge in [-0.25, -0.2) is 4.98 Å². The summed E-state index contributed by atoms with van der Waals surface area (Å²) in [4.78, 5) is 19.1. The van der Waals surface area contributed by atoms with Crippen molar-refractivity contribution < 1.29 is 9.90 Å². The monoisotopic (exact) mass is 284 g/mol. The number of carbonyl (C=O) groups excluding carboxylic acids is 1. The Morgan fingerprint density at radius 1 is 1.29 bits per heavy atom. The third-order valence-electron chi connectivity index (χ3n) is 4.15. The molecule has 4 heteroatoms. The zero-order chi connectivity index (χ0) is 14.7. The van der Waals surface area contributed by atoms with E-state index in [-0.39, 0.29) is 18.6 Å². The molecule has 2 heterocycles. The number of fused-ring (bicyclic) bond motifs is 1. The van der Waals surface area contributed by atoms with E-state index >= 15 is 0 Å². The number of aliphatic hydroxyl groups excluding tert-OH is 1. The molecule has 4 nitrogen and oxygen atoms in total. The highest BCUT2D eigenvalue weighted by Crippen LogP contribution is 2.23. The van der Waals surface area contributed by atoms with Crippen LogP contribution in [0.4, 0.5) is 0 Å². The second kappa shape index (κ2) is 6.22. The van der Waals surface area contributed by atoms with Crippen molar-refractivity contribution in [3.63, 3.8) is 0 Å². The van der Waals surface area contributed by atoms with Gasteiger partial charge in [0.25, 0.3) is 5.91 Å². The first-order valence-corrected chi connectivity index (χ1v) is 7.57. The molecule has 1 saturated heterocycles. The summed E-state index contributed by atoms with van der Waals surface area (Å²) < 4.78 is 0. The van der Waals surface area contributed by atoms with E-state index in [4.69, 9.17) is 5.11 Å². The number of hydrogen-bond acceptors (Lipinski definition) is 3. The van der Waals surface area contributed by atoms with Crippen molar-refractivity contribution >= 4 is 16.8 Å². The quantitative estimate of drug-likeness (QED) is 0.939. The van der Waals surface area contributed by atoms with Crippen LogP contribution in [0.5, 0.6) is 0 Å². The zero-order valence-electron chi connectivity index (χ0n) is 12.0. The van der Waals surface area contributed by atoms with Gasteiger partial charge in [0, 0.05) is 24.6 Å². The first-order chi connectivity index (χ1) is 10.3. The summed E-state index contributed by atoms with van der Waals surface area (Å²) in [5.41, 5.74) is 1.37.